The molecule has 0 bridgehead atoms. The van der Waals surface area contributed by atoms with E-state index in [1.54, 1.807) is 0 Å². The lowest BCUT2D eigenvalue weighted by Gasteiger charge is -2.10. The maximum Gasteiger partial charge on any atom is 0.270 e. The molecule has 0 fully saturated rings. The average Bonchev–Trinajstić information content (AvgIpc) is 2.64. The quantitative estimate of drug-likeness (QED) is 0.0829. The van der Waals surface area contributed by atoms with Gasteiger partial charge in [0.25, 0.3) is 5.91 Å². The van der Waals surface area contributed by atoms with Gasteiger partial charge < -0.3 is 26.5 Å². The molecule has 0 saturated heterocycles. The molecule has 30 heavy (non-hydrogen) atoms. The second kappa shape index (κ2) is 13.1. The van der Waals surface area contributed by atoms with Crippen LogP contribution in [-0.2, 0) is 4.79 Å². The van der Waals surface area contributed by atoms with E-state index in [0.29, 0.717) is 6.21 Å². The van der Waals surface area contributed by atoms with Crippen LogP contribution in [0.25, 0.3) is 0 Å². The molecule has 1 amide bonds. The van der Waals surface area contributed by atoms with E-state index >= 15 is 0 Å². The van der Waals surface area contributed by atoms with Crippen LogP contribution in [0.3, 0.4) is 0 Å². The molecule has 0 atom stereocenters. The highest BCUT2D eigenvalue weighted by Gasteiger charge is 2.28. The number of benzene rings is 2. The minimum atomic E-state index is -1.97. The molecule has 2 aromatic rings. The van der Waals surface area contributed by atoms with Crippen molar-refractivity contribution in [3.63, 3.8) is 0 Å². The summed E-state index contributed by atoms with van der Waals surface area (Å²) in [6.45, 7) is 0. The lowest BCUT2D eigenvalue weighted by Crippen LogP contribution is -2.23. The molecule has 0 heterocycles. The monoisotopic (exact) mass is 493 g/mol. The van der Waals surface area contributed by atoms with Gasteiger partial charge in [-0.05, 0) is 24.3 Å². The minimum Gasteiger partial charge on any atom is -0.411 e. The van der Waals surface area contributed by atoms with Crippen molar-refractivity contribution in [3.8, 4) is 0 Å². The van der Waals surface area contributed by atoms with Gasteiger partial charge in [-0.15, -0.1) is 0 Å². The number of nitrogen functional groups attached to an aromatic ring is 1. The molecule has 0 aliphatic rings. The fourth-order valence-electron chi connectivity index (χ4n) is 1.34. The maximum atomic E-state index is 12.9. The molecular formula is C16H14Cl3F4N3O4. The Bertz CT molecular complexity index is 848. The van der Waals surface area contributed by atoms with Crippen LogP contribution in [0.1, 0.15) is 0 Å². The Hall–Kier alpha value is -2.31. The summed E-state index contributed by atoms with van der Waals surface area (Å²) in [5.41, 5.74) is 4.54. The first-order chi connectivity index (χ1) is 13.8. The summed E-state index contributed by atoms with van der Waals surface area (Å²) >= 11 is 14.7. The number of nitrogens with zero attached hydrogens (tertiary/aromatic N) is 1. The van der Waals surface area contributed by atoms with Gasteiger partial charge in [0.05, 0.1) is 11.4 Å². The molecule has 2 aromatic carbocycles. The Kier molecular flexibility index (Phi) is 12.1. The minimum absolute atomic E-state index is 0.157. The smallest absolute Gasteiger partial charge is 0.270 e. The molecule has 0 spiro atoms. The molecule has 0 aromatic heterocycles. The lowest BCUT2D eigenvalue weighted by molar-refractivity contribution is -0.110. The molecule has 0 aliphatic heterocycles. The number of amides is 1. The largest absolute Gasteiger partial charge is 0.411 e. The number of anilines is 2. The Morgan fingerprint density at radius 1 is 1.03 bits per heavy atom. The zero-order chi connectivity index (χ0) is 23.5. The fraction of sp³-hybridized carbons (Fsp3) is 0.125. The van der Waals surface area contributed by atoms with Crippen molar-refractivity contribution in [2.24, 2.45) is 5.16 Å². The molecule has 6 N–H and O–H groups in total. The number of halogens is 7. The third-order valence-corrected chi connectivity index (χ3v) is 3.24. The van der Waals surface area contributed by atoms with Gasteiger partial charge in [0, 0.05) is 0 Å². The molecule has 0 saturated carbocycles. The van der Waals surface area contributed by atoms with Crippen LogP contribution in [0.4, 0.5) is 28.9 Å². The predicted octanol–water partition coefficient (Wildman–Crippen LogP) is 3.58. The Morgan fingerprint density at radius 2 is 1.50 bits per heavy atom. The van der Waals surface area contributed by atoms with E-state index in [1.165, 1.54) is 24.3 Å². The number of rotatable bonds is 2. The molecule has 2 rings (SSSR count). The molecule has 0 unspecified atom stereocenters. The van der Waals surface area contributed by atoms with Crippen LogP contribution >= 0.6 is 34.8 Å². The second-order valence-corrected chi connectivity index (χ2v) is 7.26. The molecule has 0 aliphatic carbocycles. The van der Waals surface area contributed by atoms with Gasteiger partial charge in [0.2, 0.25) is 3.79 Å². The van der Waals surface area contributed by atoms with Crippen LogP contribution in [0, 0.1) is 23.3 Å². The number of nitrogens with two attached hydrogens (primary N) is 1. The number of aliphatic hydroxyl groups excluding tert-OH is 1. The van der Waals surface area contributed by atoms with Gasteiger partial charge in [-0.3, -0.25) is 4.79 Å². The fourth-order valence-corrected chi connectivity index (χ4v) is 1.34. The highest BCUT2D eigenvalue weighted by Crippen LogP contribution is 2.28. The van der Waals surface area contributed by atoms with E-state index in [9.17, 15) is 22.4 Å². The molecule has 0 radical (unpaired) electrons. The number of hydrogen-bond acceptors (Lipinski definition) is 6. The summed E-state index contributed by atoms with van der Waals surface area (Å²) in [5.74, 6) is -4.96. The Labute approximate surface area is 182 Å². The summed E-state index contributed by atoms with van der Waals surface area (Å²) < 4.78 is 47.9. The molecule has 14 heteroatoms. The van der Waals surface area contributed by atoms with Crippen molar-refractivity contribution in [1.29, 1.82) is 0 Å². The molecular weight excluding hydrogens is 481 g/mol. The highest BCUT2D eigenvalue weighted by atomic mass is 35.6. The normalized spacial score (nSPS) is 10.7. The van der Waals surface area contributed by atoms with Gasteiger partial charge in [-0.2, -0.15) is 0 Å². The standard InChI is InChI=1S/C8H6F2N2O2.C6H5F2N.C2H3Cl3O2/c9-5-2-1-3-6(8(5)10)12-7(13)4-11-14;7-4-2-1-3-5(9)6(4)8;3-2(4,5)1(6)7/h1-4,14H,(H,12,13);1-3H,9H2;1,6-7H/b11-4+;;. The number of carbonyl (C=O) groups is 1. The van der Waals surface area contributed by atoms with Crippen LogP contribution in [-0.4, -0.2) is 37.6 Å². The van der Waals surface area contributed by atoms with Gasteiger partial charge >= 0.3 is 0 Å². The SMILES string of the molecule is Nc1cccc(F)c1F.O=C(/C=N/O)Nc1cccc(F)c1F.OC(O)C(Cl)(Cl)Cl. The van der Waals surface area contributed by atoms with E-state index in [0.717, 1.165) is 12.1 Å². The van der Waals surface area contributed by atoms with Crippen LogP contribution in [0.15, 0.2) is 41.6 Å². The van der Waals surface area contributed by atoms with Crippen molar-refractivity contribution in [1.82, 2.24) is 0 Å². The highest BCUT2D eigenvalue weighted by molar-refractivity contribution is 6.67. The van der Waals surface area contributed by atoms with E-state index in [2.05, 4.69) is 5.16 Å². The summed E-state index contributed by atoms with van der Waals surface area (Å²) in [5, 5.41) is 28.5. The van der Waals surface area contributed by atoms with E-state index in [1.807, 2.05) is 5.32 Å². The predicted molar refractivity (Wildman–Crippen MR) is 105 cm³/mol. The average molecular weight is 495 g/mol. The first kappa shape index (κ1) is 27.7. The number of aliphatic hydroxyl groups is 2. The second-order valence-electron chi connectivity index (χ2n) is 4.89. The summed E-state index contributed by atoms with van der Waals surface area (Å²) in [4.78, 5) is 10.8. The third-order valence-electron chi connectivity index (χ3n) is 2.66. The first-order valence-corrected chi connectivity index (χ1v) is 8.49. The van der Waals surface area contributed by atoms with Crippen LogP contribution in [0.5, 0.6) is 0 Å². The summed E-state index contributed by atoms with van der Waals surface area (Å²) in [7, 11) is 0. The summed E-state index contributed by atoms with van der Waals surface area (Å²) in [6.07, 6.45) is -1.37. The van der Waals surface area contributed by atoms with Gasteiger partial charge in [-0.25, -0.2) is 17.6 Å². The van der Waals surface area contributed by atoms with Crippen molar-refractivity contribution < 1.29 is 37.8 Å². The zero-order valence-electron chi connectivity index (χ0n) is 14.5. The van der Waals surface area contributed by atoms with Gasteiger partial charge in [0.15, 0.2) is 29.6 Å². The third kappa shape index (κ3) is 10.5. The number of nitrogens with one attached hydrogen (secondary N) is 1. The van der Waals surface area contributed by atoms with Crippen LogP contribution < -0.4 is 11.1 Å². The molecule has 7 nitrogen and oxygen atoms in total. The number of oxime groups is 1. The van der Waals surface area contributed by atoms with Crippen LogP contribution in [0.2, 0.25) is 0 Å². The van der Waals surface area contributed by atoms with E-state index in [4.69, 9.17) is 56.0 Å². The van der Waals surface area contributed by atoms with Gasteiger partial charge in [0.1, 0.15) is 6.21 Å². The van der Waals surface area contributed by atoms with Crippen molar-refractivity contribution in [2.75, 3.05) is 11.1 Å². The van der Waals surface area contributed by atoms with Gasteiger partial charge in [-0.1, -0.05) is 52.1 Å². The molecule has 166 valence electrons. The lowest BCUT2D eigenvalue weighted by atomic mass is 10.3. The first-order valence-electron chi connectivity index (χ1n) is 7.36. The van der Waals surface area contributed by atoms with Crippen molar-refractivity contribution >= 4 is 58.3 Å². The Balaban J connectivity index is 0.000000454. The van der Waals surface area contributed by atoms with E-state index < -0.39 is 39.3 Å². The number of hydrogen-bond donors (Lipinski definition) is 5. The van der Waals surface area contributed by atoms with Crippen molar-refractivity contribution in [2.45, 2.75) is 10.1 Å². The zero-order valence-corrected chi connectivity index (χ0v) is 16.8. The summed E-state index contributed by atoms with van der Waals surface area (Å²) in [6, 6.07) is 7.02. The number of alkyl halides is 3. The Morgan fingerprint density at radius 3 is 1.90 bits per heavy atom. The topological polar surface area (TPSA) is 128 Å². The maximum absolute atomic E-state index is 12.9. The number of carbonyl (C=O) groups excluding carboxylic acids is 1. The van der Waals surface area contributed by atoms with Crippen molar-refractivity contribution in [3.05, 3.63) is 59.7 Å². The van der Waals surface area contributed by atoms with E-state index in [-0.39, 0.29) is 11.4 Å².